The molecule has 0 aliphatic heterocycles. The number of thioether (sulfide) groups is 1. The first kappa shape index (κ1) is 16.3. The molecule has 0 fully saturated rings. The van der Waals surface area contributed by atoms with Gasteiger partial charge in [0.2, 0.25) is 5.16 Å². The number of fused-ring (bicyclic) bond motifs is 3. The van der Waals surface area contributed by atoms with Crippen molar-refractivity contribution in [1.29, 1.82) is 0 Å². The van der Waals surface area contributed by atoms with Gasteiger partial charge < -0.3 is 0 Å². The van der Waals surface area contributed by atoms with E-state index in [0.29, 0.717) is 34.4 Å². The molecule has 1 unspecified atom stereocenters. The van der Waals surface area contributed by atoms with Gasteiger partial charge in [-0.2, -0.15) is 9.50 Å². The fourth-order valence-corrected chi connectivity index (χ4v) is 3.87. The standard InChI is InChI=1S/C18H15ClN4OS/c1-2-6-25-18-21-17-20-10-14-15(23(17)22-18)8-12(9-16(14)24)11-4-3-5-13(19)7-11/h2-5,7,10,12H,1,6,8-9H2. The number of hydrogen-bond acceptors (Lipinski definition) is 5. The Morgan fingerprint density at radius 1 is 1.40 bits per heavy atom. The lowest BCUT2D eigenvalue weighted by Gasteiger charge is -2.24. The van der Waals surface area contributed by atoms with Gasteiger partial charge in [0.15, 0.2) is 5.78 Å². The average molecular weight is 371 g/mol. The molecular formula is C18H15ClN4OS. The maximum atomic E-state index is 12.6. The first-order chi connectivity index (χ1) is 12.2. The second-order valence-electron chi connectivity index (χ2n) is 5.91. The van der Waals surface area contributed by atoms with Crippen LogP contribution < -0.4 is 0 Å². The molecule has 4 rings (SSSR count). The summed E-state index contributed by atoms with van der Waals surface area (Å²) < 4.78 is 1.70. The Morgan fingerprint density at radius 3 is 3.08 bits per heavy atom. The number of benzene rings is 1. The molecule has 3 aromatic rings. The summed E-state index contributed by atoms with van der Waals surface area (Å²) in [6, 6.07) is 7.70. The number of rotatable bonds is 4. The van der Waals surface area contributed by atoms with Gasteiger partial charge in [0.25, 0.3) is 5.78 Å². The normalized spacial score (nSPS) is 16.8. The molecule has 2 aromatic heterocycles. The van der Waals surface area contributed by atoms with Gasteiger partial charge >= 0.3 is 0 Å². The Bertz CT molecular complexity index is 984. The SMILES string of the molecule is C=CCSc1nc2ncc3c(n2n1)CC(c1cccc(Cl)c1)CC3=O. The molecular weight excluding hydrogens is 356 g/mol. The van der Waals surface area contributed by atoms with E-state index >= 15 is 0 Å². The molecule has 0 spiro atoms. The third-order valence-electron chi connectivity index (χ3n) is 4.27. The molecule has 1 aromatic carbocycles. The molecule has 5 nitrogen and oxygen atoms in total. The van der Waals surface area contributed by atoms with Gasteiger partial charge in [-0.25, -0.2) is 4.98 Å². The van der Waals surface area contributed by atoms with Crippen molar-refractivity contribution in [3.63, 3.8) is 0 Å². The second-order valence-corrected chi connectivity index (χ2v) is 7.33. The summed E-state index contributed by atoms with van der Waals surface area (Å²) in [6.07, 6.45) is 4.58. The Morgan fingerprint density at radius 2 is 2.28 bits per heavy atom. The first-order valence-electron chi connectivity index (χ1n) is 7.92. The molecule has 7 heteroatoms. The van der Waals surface area contributed by atoms with E-state index in [2.05, 4.69) is 21.6 Å². The van der Waals surface area contributed by atoms with Gasteiger partial charge in [0.1, 0.15) is 0 Å². The van der Waals surface area contributed by atoms with E-state index in [-0.39, 0.29) is 11.7 Å². The molecule has 0 amide bonds. The number of aromatic nitrogens is 4. The number of ketones is 1. The van der Waals surface area contributed by atoms with Gasteiger partial charge in [-0.15, -0.1) is 11.7 Å². The van der Waals surface area contributed by atoms with Crippen LogP contribution >= 0.6 is 23.4 Å². The van der Waals surface area contributed by atoms with Crippen molar-refractivity contribution in [2.45, 2.75) is 23.9 Å². The lowest BCUT2D eigenvalue weighted by molar-refractivity contribution is 0.0962. The van der Waals surface area contributed by atoms with Crippen molar-refractivity contribution in [3.05, 3.63) is 65.0 Å². The summed E-state index contributed by atoms with van der Waals surface area (Å²) in [4.78, 5) is 21.3. The minimum Gasteiger partial charge on any atom is -0.294 e. The second kappa shape index (κ2) is 6.61. The molecule has 126 valence electrons. The number of Topliss-reactive ketones (excluding diaryl/α,β-unsaturated/α-hetero) is 1. The summed E-state index contributed by atoms with van der Waals surface area (Å²) in [5, 5.41) is 5.84. The molecule has 1 aliphatic carbocycles. The zero-order valence-corrected chi connectivity index (χ0v) is 14.9. The minimum absolute atomic E-state index is 0.0800. The van der Waals surface area contributed by atoms with Crippen molar-refractivity contribution >= 4 is 34.9 Å². The number of nitrogens with zero attached hydrogens (tertiary/aromatic N) is 4. The monoisotopic (exact) mass is 370 g/mol. The zero-order chi connectivity index (χ0) is 17.4. The molecule has 25 heavy (non-hydrogen) atoms. The first-order valence-corrected chi connectivity index (χ1v) is 9.29. The van der Waals surface area contributed by atoms with E-state index in [1.807, 2.05) is 24.3 Å². The molecule has 2 heterocycles. The fraction of sp³-hybridized carbons (Fsp3) is 0.222. The average Bonchev–Trinajstić information content (AvgIpc) is 3.03. The lowest BCUT2D eigenvalue weighted by Crippen LogP contribution is -2.22. The maximum absolute atomic E-state index is 12.6. The topological polar surface area (TPSA) is 60.1 Å². The summed E-state index contributed by atoms with van der Waals surface area (Å²) in [7, 11) is 0. The Labute approximate surface area is 154 Å². The number of carbonyl (C=O) groups is 1. The predicted octanol–water partition coefficient (Wildman–Crippen LogP) is 3.97. The third-order valence-corrected chi connectivity index (χ3v) is 5.34. The van der Waals surface area contributed by atoms with E-state index in [1.165, 1.54) is 11.8 Å². The summed E-state index contributed by atoms with van der Waals surface area (Å²) in [5.41, 5.74) is 2.57. The van der Waals surface area contributed by atoms with Gasteiger partial charge in [-0.1, -0.05) is 41.6 Å². The highest BCUT2D eigenvalue weighted by atomic mass is 35.5. The minimum atomic E-state index is 0.0800. The van der Waals surface area contributed by atoms with E-state index in [9.17, 15) is 4.79 Å². The van der Waals surface area contributed by atoms with E-state index in [4.69, 9.17) is 11.6 Å². The highest BCUT2D eigenvalue weighted by molar-refractivity contribution is 7.99. The predicted molar refractivity (Wildman–Crippen MR) is 98.5 cm³/mol. The van der Waals surface area contributed by atoms with Gasteiger partial charge in [-0.05, 0) is 30.0 Å². The number of carbonyl (C=O) groups excluding carboxylic acids is 1. The van der Waals surface area contributed by atoms with Crippen LogP contribution in [-0.4, -0.2) is 31.1 Å². The number of hydrogen-bond donors (Lipinski definition) is 0. The smallest absolute Gasteiger partial charge is 0.253 e. The summed E-state index contributed by atoms with van der Waals surface area (Å²) in [6.45, 7) is 3.71. The number of halogens is 1. The van der Waals surface area contributed by atoms with Gasteiger partial charge in [0, 0.05) is 23.4 Å². The van der Waals surface area contributed by atoms with Gasteiger partial charge in [-0.3, -0.25) is 4.79 Å². The van der Waals surface area contributed by atoms with Crippen LogP contribution in [0.2, 0.25) is 5.02 Å². The molecule has 0 bridgehead atoms. The molecule has 1 aliphatic rings. The van der Waals surface area contributed by atoms with Crippen LogP contribution in [-0.2, 0) is 6.42 Å². The van der Waals surface area contributed by atoms with E-state index in [0.717, 1.165) is 17.0 Å². The Kier molecular flexibility index (Phi) is 4.31. The van der Waals surface area contributed by atoms with Crippen molar-refractivity contribution in [2.75, 3.05) is 5.75 Å². The van der Waals surface area contributed by atoms with Crippen molar-refractivity contribution in [3.8, 4) is 0 Å². The van der Waals surface area contributed by atoms with Crippen molar-refractivity contribution in [1.82, 2.24) is 19.6 Å². The molecule has 1 atom stereocenters. The molecule has 0 saturated carbocycles. The van der Waals surface area contributed by atoms with Gasteiger partial charge in [0.05, 0.1) is 11.3 Å². The quantitative estimate of drug-likeness (QED) is 0.513. The highest BCUT2D eigenvalue weighted by Gasteiger charge is 2.29. The van der Waals surface area contributed by atoms with Crippen LogP contribution in [0.4, 0.5) is 0 Å². The van der Waals surface area contributed by atoms with Crippen molar-refractivity contribution in [2.24, 2.45) is 0 Å². The summed E-state index contributed by atoms with van der Waals surface area (Å²) in [5.74, 6) is 1.41. The maximum Gasteiger partial charge on any atom is 0.253 e. The van der Waals surface area contributed by atoms with Crippen LogP contribution in [0.25, 0.3) is 5.78 Å². The van der Waals surface area contributed by atoms with Crippen molar-refractivity contribution < 1.29 is 4.79 Å². The largest absolute Gasteiger partial charge is 0.294 e. The molecule has 0 radical (unpaired) electrons. The Balaban J connectivity index is 1.76. The zero-order valence-electron chi connectivity index (χ0n) is 13.4. The van der Waals surface area contributed by atoms with Crippen LogP contribution in [0.1, 0.15) is 34.0 Å². The van der Waals surface area contributed by atoms with Crippen LogP contribution in [0.5, 0.6) is 0 Å². The Hall–Kier alpha value is -2.18. The lowest BCUT2D eigenvalue weighted by atomic mass is 9.82. The van der Waals surface area contributed by atoms with Crippen LogP contribution in [0.3, 0.4) is 0 Å². The van der Waals surface area contributed by atoms with Crippen LogP contribution in [0, 0.1) is 0 Å². The summed E-state index contributed by atoms with van der Waals surface area (Å²) >= 11 is 7.61. The third kappa shape index (κ3) is 3.07. The highest BCUT2D eigenvalue weighted by Crippen LogP contribution is 2.33. The molecule has 0 saturated heterocycles. The van der Waals surface area contributed by atoms with Crippen LogP contribution in [0.15, 0.2) is 48.3 Å². The van der Waals surface area contributed by atoms with E-state index < -0.39 is 0 Å². The van der Waals surface area contributed by atoms with E-state index in [1.54, 1.807) is 16.8 Å². The fourth-order valence-electron chi connectivity index (χ4n) is 3.12. The molecule has 0 N–H and O–H groups in total.